The lowest BCUT2D eigenvalue weighted by Gasteiger charge is -2.35. The van der Waals surface area contributed by atoms with E-state index in [1.165, 1.54) is 18.2 Å². The van der Waals surface area contributed by atoms with Crippen molar-refractivity contribution in [1.82, 2.24) is 25.3 Å². The smallest absolute Gasteiger partial charge is 0.411 e. The molecule has 12 nitrogen and oxygen atoms in total. The number of hydrazone groups is 1. The molecule has 18 heteroatoms. The van der Waals surface area contributed by atoms with Gasteiger partial charge in [0, 0.05) is 32.6 Å². The van der Waals surface area contributed by atoms with Crippen molar-refractivity contribution in [2.24, 2.45) is 22.6 Å². The van der Waals surface area contributed by atoms with Crippen molar-refractivity contribution in [2.45, 2.75) is 69.8 Å². The van der Waals surface area contributed by atoms with Gasteiger partial charge in [0.05, 0.1) is 22.4 Å². The summed E-state index contributed by atoms with van der Waals surface area (Å²) >= 11 is 6.43. The number of rotatable bonds is 11. The molecule has 2 aromatic carbocycles. The third-order valence-corrected chi connectivity index (χ3v) is 9.34. The predicted octanol–water partition coefficient (Wildman–Crippen LogP) is 7.02. The second-order valence-corrected chi connectivity index (χ2v) is 14.5. The van der Waals surface area contributed by atoms with E-state index in [2.05, 4.69) is 27.2 Å². The number of aromatic nitrogens is 2. The molecule has 2 aliphatic rings. The molecule has 1 aliphatic heterocycles. The lowest BCUT2D eigenvalue weighted by atomic mass is 9.75. The molecule has 3 aromatic rings. The van der Waals surface area contributed by atoms with Gasteiger partial charge in [-0.1, -0.05) is 62.7 Å². The minimum Gasteiger partial charge on any atom is -0.447 e. The molecule has 0 radical (unpaired) electrons. The zero-order valence-corrected chi connectivity index (χ0v) is 30.3. The van der Waals surface area contributed by atoms with E-state index in [9.17, 15) is 31.5 Å². The number of amidine groups is 1. The van der Waals surface area contributed by atoms with Gasteiger partial charge in [0.2, 0.25) is 0 Å². The van der Waals surface area contributed by atoms with Gasteiger partial charge in [0.25, 0.3) is 12.3 Å². The lowest BCUT2D eigenvalue weighted by molar-refractivity contribution is -0.164. The Hall–Kier alpha value is -5.06. The van der Waals surface area contributed by atoms with Crippen molar-refractivity contribution in [1.29, 1.82) is 5.41 Å². The summed E-state index contributed by atoms with van der Waals surface area (Å²) in [5.74, 6) is -1.85. The molecule has 284 valence electrons. The molecule has 2 fully saturated rings. The number of amides is 2. The van der Waals surface area contributed by atoms with Crippen LogP contribution >= 0.6 is 11.6 Å². The molecule has 1 saturated heterocycles. The van der Waals surface area contributed by atoms with Crippen molar-refractivity contribution >= 4 is 47.8 Å². The Balaban J connectivity index is 1.58. The van der Waals surface area contributed by atoms with Gasteiger partial charge in [-0.15, -0.1) is 0 Å². The summed E-state index contributed by atoms with van der Waals surface area (Å²) < 4.78 is 75.9. The topological polar surface area (TPSA) is 140 Å². The summed E-state index contributed by atoms with van der Waals surface area (Å²) in [5.41, 5.74) is -2.52. The molecule has 53 heavy (non-hydrogen) atoms. The van der Waals surface area contributed by atoms with Gasteiger partial charge in [-0.3, -0.25) is 24.8 Å². The van der Waals surface area contributed by atoms with Gasteiger partial charge in [-0.05, 0) is 54.0 Å². The van der Waals surface area contributed by atoms with Crippen molar-refractivity contribution in [3.63, 3.8) is 0 Å². The van der Waals surface area contributed by atoms with Crippen molar-refractivity contribution in [3.05, 3.63) is 70.9 Å². The molecule has 5 rings (SSSR count). The minimum absolute atomic E-state index is 0.0720. The Bertz CT molecular complexity index is 1920. The summed E-state index contributed by atoms with van der Waals surface area (Å²) in [7, 11) is 2.90. The first-order valence-corrected chi connectivity index (χ1v) is 16.8. The number of aliphatic imine (C=N–C) groups is 1. The van der Waals surface area contributed by atoms with Gasteiger partial charge in [0.15, 0.2) is 11.8 Å². The molecule has 1 aromatic heterocycles. The van der Waals surface area contributed by atoms with E-state index in [4.69, 9.17) is 21.7 Å². The highest BCUT2D eigenvalue weighted by molar-refractivity contribution is 6.34. The number of hydrogen-bond donors (Lipinski definition) is 3. The molecular formula is C35H39ClF5N9O3. The van der Waals surface area contributed by atoms with E-state index in [1.54, 1.807) is 42.2 Å². The number of halogens is 6. The van der Waals surface area contributed by atoms with Crippen LogP contribution in [0.3, 0.4) is 0 Å². The molecule has 2 heterocycles. The molecular weight excluding hydrogens is 725 g/mol. The summed E-state index contributed by atoms with van der Waals surface area (Å²) in [6.45, 7) is 8.35. The maximum Gasteiger partial charge on any atom is 0.411 e. The number of carbonyl (C=O) groups is 2. The van der Waals surface area contributed by atoms with Crippen LogP contribution in [0.5, 0.6) is 0 Å². The highest BCUT2D eigenvalue weighted by Gasteiger charge is 2.64. The number of nitrogens with zero attached hydrogens (tertiary/aromatic N) is 6. The summed E-state index contributed by atoms with van der Waals surface area (Å²) in [4.78, 5) is 32.4. The second-order valence-electron chi connectivity index (χ2n) is 14.1. The van der Waals surface area contributed by atoms with Crippen LogP contribution in [0.1, 0.15) is 57.2 Å². The number of aryl methyl sites for hydroxylation is 1. The van der Waals surface area contributed by atoms with Crippen molar-refractivity contribution in [3.8, 4) is 11.3 Å². The average Bonchev–Trinajstić information content (AvgIpc) is 3.68. The largest absolute Gasteiger partial charge is 0.447 e. The van der Waals surface area contributed by atoms with E-state index in [0.717, 1.165) is 17.5 Å². The normalized spacial score (nSPS) is 19.2. The molecule has 2 atom stereocenters. The molecule has 0 bridgehead atoms. The number of hydrogen-bond acceptors (Lipinski definition) is 7. The third-order valence-electron chi connectivity index (χ3n) is 9.02. The summed E-state index contributed by atoms with van der Waals surface area (Å²) in [5, 5.41) is 22.8. The number of nitrogens with one attached hydrogen (secondary N) is 3. The van der Waals surface area contributed by atoms with Crippen molar-refractivity contribution in [2.75, 3.05) is 18.7 Å². The molecule has 3 N–H and O–H groups in total. The molecule has 0 unspecified atom stereocenters. The summed E-state index contributed by atoms with van der Waals surface area (Å²) in [6, 6.07) is 11.5. The second kappa shape index (κ2) is 14.4. The van der Waals surface area contributed by atoms with E-state index in [-0.39, 0.29) is 35.5 Å². The predicted molar refractivity (Wildman–Crippen MR) is 190 cm³/mol. The van der Waals surface area contributed by atoms with Crippen LogP contribution in [0.25, 0.3) is 11.3 Å². The zero-order valence-electron chi connectivity index (χ0n) is 29.6. The Morgan fingerprint density at radius 2 is 1.83 bits per heavy atom. The van der Waals surface area contributed by atoms with Crippen LogP contribution in [-0.2, 0) is 22.1 Å². The fourth-order valence-corrected chi connectivity index (χ4v) is 6.59. The molecule has 1 aliphatic carbocycles. The van der Waals surface area contributed by atoms with Gasteiger partial charge >= 0.3 is 12.3 Å². The Kier molecular flexibility index (Phi) is 10.6. The number of guanidine groups is 1. The number of benzene rings is 2. The quantitative estimate of drug-likeness (QED) is 0.0831. The van der Waals surface area contributed by atoms with E-state index >= 15 is 0 Å². The first-order valence-electron chi connectivity index (χ1n) is 16.4. The number of alkyl halides is 5. The Morgan fingerprint density at radius 1 is 1.17 bits per heavy atom. The fourth-order valence-electron chi connectivity index (χ4n) is 6.39. The highest BCUT2D eigenvalue weighted by atomic mass is 35.5. The fraction of sp³-hybridized carbons (Fsp3) is 0.429. The summed E-state index contributed by atoms with van der Waals surface area (Å²) in [6.07, 6.45) is -7.93. The highest BCUT2D eigenvalue weighted by Crippen LogP contribution is 2.49. The number of anilines is 1. The first kappa shape index (κ1) is 39.2. The van der Waals surface area contributed by atoms with Gasteiger partial charge in [-0.2, -0.15) is 23.4 Å². The Labute approximate surface area is 307 Å². The maximum absolute atomic E-state index is 14.9. The van der Waals surface area contributed by atoms with Crippen LogP contribution in [0.2, 0.25) is 5.02 Å². The SMILES string of the molecule is C=NN(/C(=N\C)C(F)F)c1cc([C@@H](COC(=O)NC2(C(F)(F)F)CC2)N2C(=N)N[C@](CC(C)(C)C)(c3ccc(-c4ccn(C)n4)cc3)C2=O)ccc1Cl. The zero-order chi connectivity index (χ0) is 39.1. The third kappa shape index (κ3) is 7.84. The van der Waals surface area contributed by atoms with Crippen LogP contribution in [0.4, 0.5) is 32.4 Å². The van der Waals surface area contributed by atoms with E-state index < -0.39 is 65.5 Å². The van der Waals surface area contributed by atoms with E-state index in [1.807, 2.05) is 32.2 Å². The number of carbonyl (C=O) groups excluding carboxylic acids is 2. The standard InChI is InChI=1S/C35H39ClF5N9O3/c1-32(2,3)19-34(22-10-7-20(8-11-22)24-13-16-48(6)47-24)29(51)49(30(42)45-34)26(18-53-31(52)46-33(14-15-33)35(39,40)41)21-9-12-23(36)25(17-21)50(44-5)28(43-4)27(37)38/h7-13,16-17,26-27H,5,14-15,18-19H2,1-4,6H3,(H2,42,45)(H,46,52)/b43-28-/t26-,34-/m1/s1. The molecule has 0 spiro atoms. The van der Waals surface area contributed by atoms with Gasteiger partial charge in [0.1, 0.15) is 17.7 Å². The monoisotopic (exact) mass is 763 g/mol. The van der Waals surface area contributed by atoms with E-state index in [0.29, 0.717) is 16.3 Å². The first-order chi connectivity index (χ1) is 24.8. The van der Waals surface area contributed by atoms with Crippen molar-refractivity contribution < 1.29 is 36.3 Å². The number of ether oxygens (including phenoxy) is 1. The van der Waals surface area contributed by atoms with Crippen LogP contribution in [0.15, 0.2) is 64.8 Å². The molecule has 2 amide bonds. The Morgan fingerprint density at radius 3 is 2.34 bits per heavy atom. The van der Waals surface area contributed by atoms with Crippen LogP contribution in [-0.4, -0.2) is 77.0 Å². The lowest BCUT2D eigenvalue weighted by Crippen LogP contribution is -2.49. The van der Waals surface area contributed by atoms with Crippen LogP contribution in [0, 0.1) is 10.8 Å². The number of alkyl carbamates (subject to hydrolysis) is 1. The van der Waals surface area contributed by atoms with Crippen LogP contribution < -0.4 is 15.6 Å². The van der Waals surface area contributed by atoms with Gasteiger partial charge in [-0.25, -0.2) is 18.6 Å². The molecule has 1 saturated carbocycles. The maximum atomic E-state index is 14.9. The minimum atomic E-state index is -4.73. The average molecular weight is 764 g/mol. The van der Waals surface area contributed by atoms with Gasteiger partial charge < -0.3 is 15.4 Å².